The normalized spacial score (nSPS) is 10.0. The van der Waals surface area contributed by atoms with Crippen LogP contribution in [-0.4, -0.2) is 42.6 Å². The molecule has 0 aromatic carbocycles. The number of rotatable bonds is 6. The molecule has 0 unspecified atom stereocenters. The Labute approximate surface area is 115 Å². The first kappa shape index (κ1) is 15.3. The van der Waals surface area contributed by atoms with Gasteiger partial charge in [-0.1, -0.05) is 11.6 Å². The molecule has 0 bridgehead atoms. The number of pyridine rings is 1. The molecule has 1 aromatic rings. The Bertz CT molecular complexity index is 490. The molecule has 0 aliphatic heterocycles. The van der Waals surface area contributed by atoms with Crippen molar-refractivity contribution < 1.29 is 13.9 Å². The topological polar surface area (TPSA) is 66.2 Å². The molecule has 0 saturated carbocycles. The molecule has 1 heterocycles. The van der Waals surface area contributed by atoms with E-state index in [2.05, 4.69) is 4.98 Å². The Morgan fingerprint density at radius 2 is 2.37 bits per heavy atom. The molecule has 1 amide bonds. The lowest BCUT2D eigenvalue weighted by Crippen LogP contribution is -2.35. The summed E-state index contributed by atoms with van der Waals surface area (Å²) in [5.74, 6) is -1.11. The van der Waals surface area contributed by atoms with Gasteiger partial charge in [-0.25, -0.2) is 9.37 Å². The lowest BCUT2D eigenvalue weighted by atomic mass is 10.2. The molecular weight excluding hydrogens is 273 g/mol. The first-order chi connectivity index (χ1) is 9.10. The lowest BCUT2D eigenvalue weighted by molar-refractivity contribution is 0.0699. The molecule has 0 atom stereocenters. The Morgan fingerprint density at radius 3 is 3.00 bits per heavy atom. The number of carbonyl (C=O) groups excluding carboxylic acids is 1. The zero-order valence-electron chi connectivity index (χ0n) is 10.4. The molecule has 0 spiro atoms. The first-order valence-electron chi connectivity index (χ1n) is 5.56. The number of amides is 1. The van der Waals surface area contributed by atoms with Gasteiger partial charge in [0.05, 0.1) is 30.9 Å². The molecule has 1 aromatic heterocycles. The van der Waals surface area contributed by atoms with Gasteiger partial charge in [-0.15, -0.1) is 0 Å². The highest BCUT2D eigenvalue weighted by atomic mass is 35.5. The minimum absolute atomic E-state index is 0.0179. The minimum atomic E-state index is -0.639. The van der Waals surface area contributed by atoms with Crippen LogP contribution < -0.4 is 0 Å². The second kappa shape index (κ2) is 7.67. The number of methoxy groups -OCH3 is 1. The zero-order valence-corrected chi connectivity index (χ0v) is 11.2. The summed E-state index contributed by atoms with van der Waals surface area (Å²) < 4.78 is 18.0. The molecule has 19 heavy (non-hydrogen) atoms. The van der Waals surface area contributed by atoms with Gasteiger partial charge in [0.2, 0.25) is 0 Å². The molecule has 0 saturated heterocycles. The van der Waals surface area contributed by atoms with Crippen LogP contribution in [0.5, 0.6) is 0 Å². The Morgan fingerprint density at radius 1 is 1.63 bits per heavy atom. The summed E-state index contributed by atoms with van der Waals surface area (Å²) in [5.41, 5.74) is -0.0179. The molecule has 7 heteroatoms. The van der Waals surface area contributed by atoms with Crippen molar-refractivity contribution >= 4 is 17.5 Å². The van der Waals surface area contributed by atoms with E-state index in [1.165, 1.54) is 12.0 Å². The van der Waals surface area contributed by atoms with Gasteiger partial charge >= 0.3 is 0 Å². The minimum Gasteiger partial charge on any atom is -0.383 e. The third-order valence-corrected chi connectivity index (χ3v) is 2.68. The van der Waals surface area contributed by atoms with E-state index in [1.807, 2.05) is 6.07 Å². The van der Waals surface area contributed by atoms with Crippen LogP contribution in [0.3, 0.4) is 0 Å². The summed E-state index contributed by atoms with van der Waals surface area (Å²) in [4.78, 5) is 17.2. The molecule has 5 nitrogen and oxygen atoms in total. The zero-order chi connectivity index (χ0) is 14.3. The van der Waals surface area contributed by atoms with E-state index >= 15 is 0 Å². The van der Waals surface area contributed by atoms with Crippen molar-refractivity contribution in [1.82, 2.24) is 9.88 Å². The number of hydrogen-bond donors (Lipinski definition) is 0. The fourth-order valence-electron chi connectivity index (χ4n) is 1.44. The van der Waals surface area contributed by atoms with Crippen LogP contribution in [-0.2, 0) is 4.74 Å². The van der Waals surface area contributed by atoms with Crippen LogP contribution in [0.15, 0.2) is 12.3 Å². The number of hydrogen-bond acceptors (Lipinski definition) is 4. The number of nitriles is 1. The highest BCUT2D eigenvalue weighted by molar-refractivity contribution is 6.32. The van der Waals surface area contributed by atoms with E-state index in [-0.39, 0.29) is 23.7 Å². The van der Waals surface area contributed by atoms with Gasteiger partial charge in [-0.2, -0.15) is 5.26 Å². The third kappa shape index (κ3) is 4.47. The second-order valence-corrected chi connectivity index (χ2v) is 4.04. The van der Waals surface area contributed by atoms with Gasteiger partial charge < -0.3 is 9.64 Å². The van der Waals surface area contributed by atoms with E-state index in [1.54, 1.807) is 0 Å². The van der Waals surface area contributed by atoms with Crippen molar-refractivity contribution in [2.75, 3.05) is 26.8 Å². The molecular formula is C12H13ClFN3O2. The Balaban J connectivity index is 2.91. The SMILES string of the molecule is COCCN(CCC#N)C(=O)c1cc(F)cnc1Cl. The summed E-state index contributed by atoms with van der Waals surface area (Å²) in [6.07, 6.45) is 1.11. The van der Waals surface area contributed by atoms with Crippen molar-refractivity contribution in [2.24, 2.45) is 0 Å². The van der Waals surface area contributed by atoms with Crippen LogP contribution in [0.4, 0.5) is 4.39 Å². The highest BCUT2D eigenvalue weighted by Gasteiger charge is 2.19. The van der Waals surface area contributed by atoms with Crippen molar-refractivity contribution in [1.29, 1.82) is 5.26 Å². The van der Waals surface area contributed by atoms with E-state index in [9.17, 15) is 9.18 Å². The van der Waals surface area contributed by atoms with Gasteiger partial charge in [0.1, 0.15) is 11.0 Å². The summed E-state index contributed by atoms with van der Waals surface area (Å²) >= 11 is 5.78. The molecule has 102 valence electrons. The average Bonchev–Trinajstić information content (AvgIpc) is 2.41. The van der Waals surface area contributed by atoms with Gasteiger partial charge in [0.15, 0.2) is 0 Å². The fraction of sp³-hybridized carbons (Fsp3) is 0.417. The average molecular weight is 286 g/mol. The Hall–Kier alpha value is -1.71. The predicted octanol–water partition coefficient (Wildman–Crippen LogP) is 1.88. The van der Waals surface area contributed by atoms with Crippen LogP contribution >= 0.6 is 11.6 Å². The van der Waals surface area contributed by atoms with Crippen molar-refractivity contribution in [3.8, 4) is 6.07 Å². The highest BCUT2D eigenvalue weighted by Crippen LogP contribution is 2.16. The molecule has 0 N–H and O–H groups in total. The summed E-state index contributed by atoms with van der Waals surface area (Å²) in [7, 11) is 1.50. The van der Waals surface area contributed by atoms with E-state index < -0.39 is 11.7 Å². The summed E-state index contributed by atoms with van der Waals surface area (Å²) in [6.45, 7) is 0.840. The maximum absolute atomic E-state index is 13.1. The van der Waals surface area contributed by atoms with Gasteiger partial charge in [-0.3, -0.25) is 4.79 Å². The van der Waals surface area contributed by atoms with E-state index in [0.717, 1.165) is 12.3 Å². The largest absolute Gasteiger partial charge is 0.383 e. The van der Waals surface area contributed by atoms with Crippen LogP contribution in [0, 0.1) is 17.1 Å². The van der Waals surface area contributed by atoms with Crippen molar-refractivity contribution in [2.45, 2.75) is 6.42 Å². The molecule has 0 aliphatic rings. The maximum Gasteiger partial charge on any atom is 0.257 e. The molecule has 0 fully saturated rings. The van der Waals surface area contributed by atoms with Crippen molar-refractivity contribution in [3.63, 3.8) is 0 Å². The van der Waals surface area contributed by atoms with E-state index in [0.29, 0.717) is 13.2 Å². The number of halogens is 2. The molecule has 1 rings (SSSR count). The van der Waals surface area contributed by atoms with Crippen LogP contribution in [0.1, 0.15) is 16.8 Å². The third-order valence-electron chi connectivity index (χ3n) is 2.38. The lowest BCUT2D eigenvalue weighted by Gasteiger charge is -2.21. The maximum atomic E-state index is 13.1. The van der Waals surface area contributed by atoms with Crippen molar-refractivity contribution in [3.05, 3.63) is 28.8 Å². The second-order valence-electron chi connectivity index (χ2n) is 3.69. The molecule has 0 radical (unpaired) electrons. The van der Waals surface area contributed by atoms with Gasteiger partial charge in [0.25, 0.3) is 5.91 Å². The van der Waals surface area contributed by atoms with E-state index in [4.69, 9.17) is 21.6 Å². The first-order valence-corrected chi connectivity index (χ1v) is 5.94. The summed E-state index contributed by atoms with van der Waals surface area (Å²) in [6, 6.07) is 2.98. The quantitative estimate of drug-likeness (QED) is 0.749. The number of ether oxygens (including phenoxy) is 1. The van der Waals surface area contributed by atoms with Gasteiger partial charge in [0, 0.05) is 20.2 Å². The number of nitrogens with zero attached hydrogens (tertiary/aromatic N) is 3. The fourth-order valence-corrected chi connectivity index (χ4v) is 1.63. The number of aromatic nitrogens is 1. The Kier molecular flexibility index (Phi) is 6.19. The van der Waals surface area contributed by atoms with Crippen LogP contribution in [0.25, 0.3) is 0 Å². The smallest absolute Gasteiger partial charge is 0.257 e. The van der Waals surface area contributed by atoms with Crippen LogP contribution in [0.2, 0.25) is 5.15 Å². The van der Waals surface area contributed by atoms with Gasteiger partial charge in [-0.05, 0) is 6.07 Å². The predicted molar refractivity (Wildman–Crippen MR) is 67.2 cm³/mol. The summed E-state index contributed by atoms with van der Waals surface area (Å²) in [5, 5.41) is 8.51. The monoisotopic (exact) mass is 285 g/mol. The molecule has 0 aliphatic carbocycles. The standard InChI is InChI=1S/C12H13ClFN3O2/c1-19-6-5-17(4-2-3-15)12(18)10-7-9(14)8-16-11(10)13/h7-8H,2,4-6H2,1H3. The number of carbonyl (C=O) groups is 1.